The molecule has 0 aliphatic heterocycles. The molecule has 0 bridgehead atoms. The van der Waals surface area contributed by atoms with Crippen molar-refractivity contribution in [1.82, 2.24) is 9.29 Å². The van der Waals surface area contributed by atoms with Gasteiger partial charge in [0.2, 0.25) is 10.0 Å². The number of nitrogens with one attached hydrogen (secondary N) is 1. The Kier molecular flexibility index (Phi) is 7.59. The molecule has 0 unspecified atom stereocenters. The van der Waals surface area contributed by atoms with Crippen molar-refractivity contribution in [3.8, 4) is 0 Å². The molecule has 2 aromatic carbocycles. The summed E-state index contributed by atoms with van der Waals surface area (Å²) in [5.74, 6) is -1.47. The van der Waals surface area contributed by atoms with Crippen molar-refractivity contribution in [2.24, 2.45) is 5.16 Å². The lowest BCUT2D eigenvalue weighted by molar-refractivity contribution is -0.140. The molecule has 6 nitrogen and oxygen atoms in total. The second-order valence-electron chi connectivity index (χ2n) is 7.56. The van der Waals surface area contributed by atoms with Crippen LogP contribution in [0, 0.1) is 12.7 Å². The number of hydrogen-bond donors (Lipinski definition) is 1. The summed E-state index contributed by atoms with van der Waals surface area (Å²) in [4.78, 5) is 4.89. The summed E-state index contributed by atoms with van der Waals surface area (Å²) in [5, 5.41) is 4.79. The van der Waals surface area contributed by atoms with Crippen LogP contribution in [0.1, 0.15) is 28.8 Å². The van der Waals surface area contributed by atoms with Crippen LogP contribution in [-0.2, 0) is 27.6 Å². The number of hydrogen-bond acceptors (Lipinski definition) is 4. The molecule has 34 heavy (non-hydrogen) atoms. The van der Waals surface area contributed by atoms with Gasteiger partial charge in [0.15, 0.2) is 0 Å². The first-order chi connectivity index (χ1) is 15.9. The maximum Gasteiger partial charge on any atom is 0.419 e. The number of fused-ring (bicyclic) bond motifs is 1. The van der Waals surface area contributed by atoms with Crippen molar-refractivity contribution in [3.05, 3.63) is 69.6 Å². The van der Waals surface area contributed by atoms with E-state index in [1.165, 1.54) is 13.2 Å². The van der Waals surface area contributed by atoms with Gasteiger partial charge in [-0.05, 0) is 31.5 Å². The highest BCUT2D eigenvalue weighted by atomic mass is 35.5. The normalized spacial score (nSPS) is 13.0. The topological polar surface area (TPSA) is 72.7 Å². The van der Waals surface area contributed by atoms with E-state index < -0.39 is 27.6 Å². The lowest BCUT2D eigenvalue weighted by Crippen LogP contribution is -2.24. The Morgan fingerprint density at radius 1 is 1.21 bits per heavy atom. The van der Waals surface area contributed by atoms with Crippen molar-refractivity contribution < 1.29 is 30.8 Å². The Hall–Kier alpha value is -2.63. The minimum absolute atomic E-state index is 0.121. The molecule has 0 aliphatic rings. The fourth-order valence-electron chi connectivity index (χ4n) is 3.82. The predicted octanol–water partition coefficient (Wildman–Crippen LogP) is 5.10. The van der Waals surface area contributed by atoms with Crippen molar-refractivity contribution in [1.29, 1.82) is 0 Å². The van der Waals surface area contributed by atoms with E-state index >= 15 is 4.39 Å². The molecule has 0 spiro atoms. The molecule has 0 amide bonds. The highest BCUT2D eigenvalue weighted by Crippen LogP contribution is 2.36. The minimum Gasteiger partial charge on any atom is -0.399 e. The van der Waals surface area contributed by atoms with Gasteiger partial charge < -0.3 is 9.40 Å². The molecule has 0 saturated carbocycles. The van der Waals surface area contributed by atoms with E-state index in [4.69, 9.17) is 16.4 Å². The molecule has 1 aromatic heterocycles. The molecule has 0 radical (unpaired) electrons. The lowest BCUT2D eigenvalue weighted by atomic mass is 9.97. The number of aromatic nitrogens is 1. The third-order valence-electron chi connectivity index (χ3n) is 5.19. The van der Waals surface area contributed by atoms with Gasteiger partial charge in [-0.15, -0.1) is 0 Å². The van der Waals surface area contributed by atoms with Gasteiger partial charge in [0.1, 0.15) is 18.6 Å². The summed E-state index contributed by atoms with van der Waals surface area (Å²) in [7, 11) is -2.15. The van der Waals surface area contributed by atoms with Crippen LogP contribution >= 0.6 is 11.6 Å². The lowest BCUT2D eigenvalue weighted by Gasteiger charge is -2.13. The van der Waals surface area contributed by atoms with Gasteiger partial charge in [-0.25, -0.2) is 17.5 Å². The Morgan fingerprint density at radius 3 is 2.50 bits per heavy atom. The average molecular weight is 520 g/mol. The second kappa shape index (κ2) is 9.93. The van der Waals surface area contributed by atoms with Crippen LogP contribution in [0.15, 0.2) is 41.6 Å². The summed E-state index contributed by atoms with van der Waals surface area (Å²) in [6.45, 7) is 2.20. The summed E-state index contributed by atoms with van der Waals surface area (Å²) in [5.41, 5.74) is -0.447. The Bertz CT molecular complexity index is 1350. The molecule has 1 N–H and O–H groups in total. The number of benzene rings is 2. The van der Waals surface area contributed by atoms with Crippen LogP contribution in [0.3, 0.4) is 0 Å². The van der Waals surface area contributed by atoms with E-state index in [1.807, 2.05) is 0 Å². The Morgan fingerprint density at radius 2 is 1.88 bits per heavy atom. The molecular weight excluding hydrogens is 498 g/mol. The number of nitrogens with zero attached hydrogens (tertiary/aromatic N) is 2. The zero-order chi connectivity index (χ0) is 25.3. The fourth-order valence-corrected chi connectivity index (χ4v) is 4.61. The average Bonchev–Trinajstić information content (AvgIpc) is 3.01. The van der Waals surface area contributed by atoms with E-state index in [0.717, 1.165) is 12.3 Å². The van der Waals surface area contributed by atoms with Gasteiger partial charge in [0, 0.05) is 35.3 Å². The molecule has 12 heteroatoms. The first-order valence-electron chi connectivity index (χ1n) is 10.1. The van der Waals surface area contributed by atoms with Gasteiger partial charge in [-0.1, -0.05) is 35.0 Å². The first kappa shape index (κ1) is 26.0. The largest absolute Gasteiger partial charge is 0.419 e. The van der Waals surface area contributed by atoms with Crippen molar-refractivity contribution in [2.75, 3.05) is 19.9 Å². The quantitative estimate of drug-likeness (QED) is 0.195. The molecular formula is C22H22ClF4N3O3S. The SMILES string of the molecule is CON=C(c1cccc(C(F)(F)F)c1F)c1c(C)n(CCCNS(C)(=O)=O)c2c(Cl)cccc12. The maximum absolute atomic E-state index is 15.1. The monoisotopic (exact) mass is 519 g/mol. The zero-order valence-electron chi connectivity index (χ0n) is 18.5. The summed E-state index contributed by atoms with van der Waals surface area (Å²) in [6.07, 6.45) is -3.44. The van der Waals surface area contributed by atoms with E-state index in [2.05, 4.69) is 9.88 Å². The second-order valence-corrected chi connectivity index (χ2v) is 9.80. The maximum atomic E-state index is 15.1. The van der Waals surface area contributed by atoms with Gasteiger partial charge in [-0.3, -0.25) is 0 Å². The third-order valence-corrected chi connectivity index (χ3v) is 6.23. The van der Waals surface area contributed by atoms with Crippen molar-refractivity contribution in [3.63, 3.8) is 0 Å². The zero-order valence-corrected chi connectivity index (χ0v) is 20.1. The molecule has 0 atom stereocenters. The van der Waals surface area contributed by atoms with E-state index in [9.17, 15) is 21.6 Å². The van der Waals surface area contributed by atoms with Gasteiger partial charge in [0.05, 0.1) is 22.4 Å². The number of rotatable bonds is 8. The highest BCUT2D eigenvalue weighted by Gasteiger charge is 2.36. The number of alkyl halides is 3. The molecule has 3 aromatic rings. The van der Waals surface area contributed by atoms with E-state index in [-0.39, 0.29) is 17.8 Å². The highest BCUT2D eigenvalue weighted by molar-refractivity contribution is 7.88. The van der Waals surface area contributed by atoms with Gasteiger partial charge in [0.25, 0.3) is 0 Å². The number of halogens is 5. The van der Waals surface area contributed by atoms with Crippen molar-refractivity contribution in [2.45, 2.75) is 26.1 Å². The van der Waals surface area contributed by atoms with Gasteiger partial charge in [-0.2, -0.15) is 13.2 Å². The summed E-state index contributed by atoms with van der Waals surface area (Å²) in [6, 6.07) is 7.97. The van der Waals surface area contributed by atoms with Crippen LogP contribution in [0.25, 0.3) is 10.9 Å². The molecule has 0 saturated heterocycles. The minimum atomic E-state index is -4.89. The molecule has 0 aliphatic carbocycles. The van der Waals surface area contributed by atoms with E-state index in [0.29, 0.717) is 46.2 Å². The standard InChI is InChI=1S/C22H22ClF4N3O3S/c1-13-18(20(29-33-2)15-8-4-9-16(19(15)24)22(25,26)27)14-7-5-10-17(23)21(14)30(13)12-6-11-28-34(3,31)32/h4-5,7-10,28H,6,11-12H2,1-3H3. The van der Waals surface area contributed by atoms with Crippen LogP contribution in [-0.4, -0.2) is 38.6 Å². The van der Waals surface area contributed by atoms with E-state index in [1.54, 1.807) is 29.7 Å². The van der Waals surface area contributed by atoms with Crippen LogP contribution in [0.5, 0.6) is 0 Å². The fraction of sp³-hybridized carbons (Fsp3) is 0.318. The summed E-state index contributed by atoms with van der Waals surface area (Å²) < 4.78 is 82.0. The molecule has 184 valence electrons. The van der Waals surface area contributed by atoms with Crippen molar-refractivity contribution >= 4 is 38.2 Å². The smallest absolute Gasteiger partial charge is 0.399 e. The third kappa shape index (κ3) is 5.37. The van der Waals surface area contributed by atoms with Crippen LogP contribution in [0.4, 0.5) is 17.6 Å². The van der Waals surface area contributed by atoms with Crippen LogP contribution < -0.4 is 4.72 Å². The number of aryl methyl sites for hydroxylation is 1. The van der Waals surface area contributed by atoms with Crippen LogP contribution in [0.2, 0.25) is 5.02 Å². The predicted molar refractivity (Wildman–Crippen MR) is 123 cm³/mol. The number of sulfonamides is 1. The Labute approximate surface area is 199 Å². The number of para-hydroxylation sites is 1. The van der Waals surface area contributed by atoms with Gasteiger partial charge >= 0.3 is 6.18 Å². The number of oxime groups is 1. The molecule has 0 fully saturated rings. The molecule has 1 heterocycles. The summed E-state index contributed by atoms with van der Waals surface area (Å²) >= 11 is 6.45. The molecule has 3 rings (SSSR count). The Balaban J connectivity index is 2.19. The first-order valence-corrected chi connectivity index (χ1v) is 12.3.